The third-order valence-corrected chi connectivity index (χ3v) is 3.36. The van der Waals surface area contributed by atoms with Crippen molar-refractivity contribution in [1.82, 2.24) is 0 Å². The van der Waals surface area contributed by atoms with E-state index in [9.17, 15) is 18.0 Å². The van der Waals surface area contributed by atoms with Crippen molar-refractivity contribution in [3.05, 3.63) is 54.1 Å². The zero-order chi connectivity index (χ0) is 18.3. The monoisotopic (exact) mass is 352 g/mol. The number of hydrogen-bond donors (Lipinski definition) is 2. The van der Waals surface area contributed by atoms with E-state index in [1.807, 2.05) is 6.92 Å². The number of halogens is 3. The Morgan fingerprint density at radius 1 is 1.04 bits per heavy atom. The minimum atomic E-state index is -4.44. The van der Waals surface area contributed by atoms with Gasteiger partial charge in [-0.2, -0.15) is 13.2 Å². The lowest BCUT2D eigenvalue weighted by Crippen LogP contribution is -2.18. The Labute approximate surface area is 144 Å². The quantitative estimate of drug-likeness (QED) is 0.769. The molecule has 4 nitrogen and oxygen atoms in total. The number of alkyl halides is 3. The fourth-order valence-corrected chi connectivity index (χ4v) is 2.26. The van der Waals surface area contributed by atoms with Crippen molar-refractivity contribution in [3.63, 3.8) is 0 Å². The Morgan fingerprint density at radius 3 is 2.36 bits per heavy atom. The molecule has 0 unspecified atom stereocenters. The molecule has 2 N–H and O–H groups in total. The summed E-state index contributed by atoms with van der Waals surface area (Å²) in [7, 11) is 0. The van der Waals surface area contributed by atoms with Gasteiger partial charge in [-0.15, -0.1) is 0 Å². The van der Waals surface area contributed by atoms with Crippen LogP contribution in [0.5, 0.6) is 5.75 Å². The third kappa shape index (κ3) is 5.41. The van der Waals surface area contributed by atoms with Crippen LogP contribution in [0.3, 0.4) is 0 Å². The highest BCUT2D eigenvalue weighted by Crippen LogP contribution is 2.34. The largest absolute Gasteiger partial charge is 0.492 e. The molecule has 0 saturated heterocycles. The van der Waals surface area contributed by atoms with Crippen molar-refractivity contribution in [2.75, 3.05) is 23.8 Å². The number of nitrogens with one attached hydrogen (secondary N) is 2. The summed E-state index contributed by atoms with van der Waals surface area (Å²) in [5.41, 5.74) is -0.264. The molecule has 2 aromatic carbocycles. The summed E-state index contributed by atoms with van der Waals surface area (Å²) < 4.78 is 44.1. The van der Waals surface area contributed by atoms with Crippen LogP contribution in [0.4, 0.5) is 24.5 Å². The maximum Gasteiger partial charge on any atom is 0.418 e. The fourth-order valence-electron chi connectivity index (χ4n) is 2.26. The number of amides is 1. The summed E-state index contributed by atoms with van der Waals surface area (Å²) in [6.45, 7) is 2.37. The van der Waals surface area contributed by atoms with Crippen LogP contribution in [0.25, 0.3) is 0 Å². The maximum absolute atomic E-state index is 12.9. The van der Waals surface area contributed by atoms with E-state index in [0.717, 1.165) is 6.07 Å². The van der Waals surface area contributed by atoms with Gasteiger partial charge in [-0.05, 0) is 31.2 Å². The molecular weight excluding hydrogens is 333 g/mol. The Kier molecular flexibility index (Phi) is 6.27. The lowest BCUT2D eigenvalue weighted by molar-refractivity contribution is -0.137. The van der Waals surface area contributed by atoms with Gasteiger partial charge in [0.25, 0.3) is 0 Å². The number of rotatable bonds is 7. The van der Waals surface area contributed by atoms with Crippen LogP contribution in [-0.2, 0) is 11.0 Å². The number of benzene rings is 2. The Balaban J connectivity index is 1.92. The van der Waals surface area contributed by atoms with Gasteiger partial charge in [0.05, 0.1) is 17.9 Å². The Bertz CT molecular complexity index is 717. The van der Waals surface area contributed by atoms with E-state index >= 15 is 0 Å². The SMILES string of the molecule is CCOc1ccccc1NC(=O)CCNc1ccccc1C(F)(F)F. The van der Waals surface area contributed by atoms with Gasteiger partial charge in [0.1, 0.15) is 5.75 Å². The predicted molar refractivity (Wildman–Crippen MR) is 90.8 cm³/mol. The van der Waals surface area contributed by atoms with E-state index in [1.165, 1.54) is 18.2 Å². The Morgan fingerprint density at radius 2 is 1.68 bits per heavy atom. The van der Waals surface area contributed by atoms with Crippen LogP contribution in [0.1, 0.15) is 18.9 Å². The number of hydrogen-bond acceptors (Lipinski definition) is 3. The molecule has 0 spiro atoms. The molecule has 0 heterocycles. The van der Waals surface area contributed by atoms with E-state index < -0.39 is 11.7 Å². The van der Waals surface area contributed by atoms with Gasteiger partial charge >= 0.3 is 6.18 Å². The normalized spacial score (nSPS) is 11.0. The molecule has 0 radical (unpaired) electrons. The van der Waals surface area contributed by atoms with Crippen LogP contribution in [-0.4, -0.2) is 19.1 Å². The van der Waals surface area contributed by atoms with Gasteiger partial charge in [-0.25, -0.2) is 0 Å². The second-order valence-corrected chi connectivity index (χ2v) is 5.20. The molecule has 0 bridgehead atoms. The van der Waals surface area contributed by atoms with E-state index in [-0.39, 0.29) is 24.6 Å². The molecule has 134 valence electrons. The molecule has 0 aliphatic heterocycles. The zero-order valence-corrected chi connectivity index (χ0v) is 13.7. The molecule has 0 fully saturated rings. The Hall–Kier alpha value is -2.70. The predicted octanol–water partition coefficient (Wildman–Crippen LogP) is 4.54. The van der Waals surface area contributed by atoms with E-state index in [2.05, 4.69) is 10.6 Å². The van der Waals surface area contributed by atoms with Gasteiger partial charge in [-0.1, -0.05) is 24.3 Å². The average Bonchev–Trinajstić information content (AvgIpc) is 2.56. The number of carbonyl (C=O) groups is 1. The van der Waals surface area contributed by atoms with Crippen LogP contribution in [0.15, 0.2) is 48.5 Å². The van der Waals surface area contributed by atoms with Gasteiger partial charge < -0.3 is 15.4 Å². The lowest BCUT2D eigenvalue weighted by Gasteiger charge is -2.14. The van der Waals surface area contributed by atoms with Crippen molar-refractivity contribution in [2.24, 2.45) is 0 Å². The second-order valence-electron chi connectivity index (χ2n) is 5.20. The van der Waals surface area contributed by atoms with Crippen molar-refractivity contribution >= 4 is 17.3 Å². The van der Waals surface area contributed by atoms with Crippen LogP contribution < -0.4 is 15.4 Å². The van der Waals surface area contributed by atoms with Crippen LogP contribution in [0, 0.1) is 0 Å². The molecule has 0 aromatic heterocycles. The van der Waals surface area contributed by atoms with E-state index in [0.29, 0.717) is 18.0 Å². The molecule has 1 amide bonds. The molecular formula is C18H19F3N2O2. The van der Waals surface area contributed by atoms with Crippen LogP contribution >= 0.6 is 0 Å². The number of carbonyl (C=O) groups excluding carboxylic acids is 1. The fraction of sp³-hybridized carbons (Fsp3) is 0.278. The standard InChI is InChI=1S/C18H19F3N2O2/c1-2-25-16-10-6-5-9-15(16)23-17(24)11-12-22-14-8-4-3-7-13(14)18(19,20)21/h3-10,22H,2,11-12H2,1H3,(H,23,24). The van der Waals surface area contributed by atoms with Crippen molar-refractivity contribution < 1.29 is 22.7 Å². The minimum absolute atomic E-state index is 0.0205. The van der Waals surface area contributed by atoms with E-state index in [4.69, 9.17) is 4.74 Å². The highest BCUT2D eigenvalue weighted by molar-refractivity contribution is 5.92. The summed E-state index contributed by atoms with van der Waals surface area (Å²) >= 11 is 0. The molecule has 2 rings (SSSR count). The summed E-state index contributed by atoms with van der Waals surface area (Å²) in [4.78, 5) is 12.0. The number of ether oxygens (including phenoxy) is 1. The highest BCUT2D eigenvalue weighted by atomic mass is 19.4. The van der Waals surface area contributed by atoms with E-state index in [1.54, 1.807) is 24.3 Å². The van der Waals surface area contributed by atoms with Crippen molar-refractivity contribution in [1.29, 1.82) is 0 Å². The molecule has 0 aliphatic carbocycles. The van der Waals surface area contributed by atoms with Crippen molar-refractivity contribution in [3.8, 4) is 5.75 Å². The third-order valence-electron chi connectivity index (χ3n) is 3.36. The first-order chi connectivity index (χ1) is 11.9. The maximum atomic E-state index is 12.9. The molecule has 0 atom stereocenters. The second kappa shape index (κ2) is 8.41. The number of para-hydroxylation sites is 3. The first-order valence-electron chi connectivity index (χ1n) is 7.83. The van der Waals surface area contributed by atoms with Crippen LogP contribution in [0.2, 0.25) is 0 Å². The summed E-state index contributed by atoms with van der Waals surface area (Å²) in [5.74, 6) is 0.234. The first kappa shape index (κ1) is 18.6. The van der Waals surface area contributed by atoms with Gasteiger partial charge in [0, 0.05) is 18.7 Å². The first-order valence-corrected chi connectivity index (χ1v) is 7.83. The molecule has 2 aromatic rings. The summed E-state index contributed by atoms with van der Waals surface area (Å²) in [6, 6.07) is 12.2. The summed E-state index contributed by atoms with van der Waals surface area (Å²) in [6.07, 6.45) is -4.42. The summed E-state index contributed by atoms with van der Waals surface area (Å²) in [5, 5.41) is 5.36. The average molecular weight is 352 g/mol. The number of anilines is 2. The zero-order valence-electron chi connectivity index (χ0n) is 13.7. The van der Waals surface area contributed by atoms with Gasteiger partial charge in [0.2, 0.25) is 5.91 Å². The van der Waals surface area contributed by atoms with Crippen molar-refractivity contribution in [2.45, 2.75) is 19.5 Å². The molecule has 25 heavy (non-hydrogen) atoms. The molecule has 7 heteroatoms. The smallest absolute Gasteiger partial charge is 0.418 e. The highest BCUT2D eigenvalue weighted by Gasteiger charge is 2.33. The van der Waals surface area contributed by atoms with Gasteiger partial charge in [0.15, 0.2) is 0 Å². The minimum Gasteiger partial charge on any atom is -0.492 e. The molecule has 0 saturated carbocycles. The topological polar surface area (TPSA) is 50.4 Å². The molecule has 0 aliphatic rings. The lowest BCUT2D eigenvalue weighted by atomic mass is 10.1. The van der Waals surface area contributed by atoms with Gasteiger partial charge in [-0.3, -0.25) is 4.79 Å².